The van der Waals surface area contributed by atoms with E-state index in [0.717, 1.165) is 5.56 Å². The Kier molecular flexibility index (Phi) is 4.89. The summed E-state index contributed by atoms with van der Waals surface area (Å²) >= 11 is 0. The fourth-order valence-electron chi connectivity index (χ4n) is 1.08. The molecule has 1 aromatic heterocycles. The highest BCUT2D eigenvalue weighted by Gasteiger charge is 2.18. The number of carboxylic acids is 1. The molecule has 0 bridgehead atoms. The number of carboxylic acid groups (broad SMARTS) is 1. The first-order valence-electron chi connectivity index (χ1n) is 4.90. The van der Waals surface area contributed by atoms with E-state index < -0.39 is 24.6 Å². The second-order valence-electron chi connectivity index (χ2n) is 3.26. The van der Waals surface area contributed by atoms with Gasteiger partial charge in [-0.15, -0.1) is 0 Å². The number of carbonyl (C=O) groups excluding carboxylic acids is 1. The van der Waals surface area contributed by atoms with Crippen LogP contribution in [0.4, 0.5) is 4.79 Å². The van der Waals surface area contributed by atoms with Gasteiger partial charge in [-0.1, -0.05) is 0 Å². The van der Waals surface area contributed by atoms with Gasteiger partial charge >= 0.3 is 12.0 Å². The van der Waals surface area contributed by atoms with Gasteiger partial charge in [0.15, 0.2) is 6.04 Å². The number of urea groups is 1. The normalized spacial score (nSPS) is 11.6. The van der Waals surface area contributed by atoms with Crippen molar-refractivity contribution in [1.29, 1.82) is 0 Å². The highest BCUT2D eigenvalue weighted by atomic mass is 16.4. The number of aliphatic carboxylic acids is 1. The largest absolute Gasteiger partial charge is 0.480 e. The Bertz CT molecular complexity index is 382. The van der Waals surface area contributed by atoms with Gasteiger partial charge in [0.2, 0.25) is 0 Å². The van der Waals surface area contributed by atoms with E-state index in [1.54, 1.807) is 24.5 Å². The van der Waals surface area contributed by atoms with Crippen LogP contribution in [0, 0.1) is 0 Å². The van der Waals surface area contributed by atoms with Crippen LogP contribution in [-0.4, -0.2) is 39.8 Å². The van der Waals surface area contributed by atoms with Crippen molar-refractivity contribution in [2.24, 2.45) is 0 Å². The Morgan fingerprint density at radius 3 is 2.53 bits per heavy atom. The molecule has 1 aromatic rings. The zero-order valence-corrected chi connectivity index (χ0v) is 8.96. The Balaban J connectivity index is 2.37. The first kappa shape index (κ1) is 12.9. The van der Waals surface area contributed by atoms with Gasteiger partial charge in [0.1, 0.15) is 0 Å². The van der Waals surface area contributed by atoms with Gasteiger partial charge in [0.25, 0.3) is 0 Å². The molecule has 2 amide bonds. The molecule has 0 saturated heterocycles. The summed E-state index contributed by atoms with van der Waals surface area (Å²) in [6, 6.07) is 1.50. The summed E-state index contributed by atoms with van der Waals surface area (Å²) < 4.78 is 0. The molecule has 0 radical (unpaired) electrons. The minimum absolute atomic E-state index is 0.256. The molecule has 0 spiro atoms. The number of hydrogen-bond acceptors (Lipinski definition) is 4. The van der Waals surface area contributed by atoms with Gasteiger partial charge < -0.3 is 20.8 Å². The predicted molar refractivity (Wildman–Crippen MR) is 58.1 cm³/mol. The van der Waals surface area contributed by atoms with E-state index in [2.05, 4.69) is 15.6 Å². The van der Waals surface area contributed by atoms with Crippen LogP contribution in [0.25, 0.3) is 0 Å². The Labute approximate surface area is 97.5 Å². The summed E-state index contributed by atoms with van der Waals surface area (Å²) in [6.07, 6.45) is 3.17. The molecular weight excluding hydrogens is 226 g/mol. The van der Waals surface area contributed by atoms with Crippen LogP contribution >= 0.6 is 0 Å². The van der Waals surface area contributed by atoms with Crippen LogP contribution in [0.3, 0.4) is 0 Å². The molecule has 92 valence electrons. The molecule has 0 aliphatic rings. The van der Waals surface area contributed by atoms with Crippen molar-refractivity contribution in [2.45, 2.75) is 12.6 Å². The molecular formula is C10H13N3O4. The number of hydrogen-bond donors (Lipinski definition) is 4. The third-order valence-electron chi connectivity index (χ3n) is 1.99. The number of aromatic nitrogens is 1. The smallest absolute Gasteiger partial charge is 0.328 e. The number of aliphatic hydroxyl groups excluding tert-OH is 1. The molecule has 0 aliphatic heterocycles. The van der Waals surface area contributed by atoms with E-state index in [1.165, 1.54) is 0 Å². The zero-order valence-electron chi connectivity index (χ0n) is 8.96. The molecule has 4 N–H and O–H groups in total. The van der Waals surface area contributed by atoms with Crippen molar-refractivity contribution >= 4 is 12.0 Å². The van der Waals surface area contributed by atoms with Crippen molar-refractivity contribution in [3.63, 3.8) is 0 Å². The fourth-order valence-corrected chi connectivity index (χ4v) is 1.08. The molecule has 7 nitrogen and oxygen atoms in total. The molecule has 1 atom stereocenters. The third-order valence-corrected chi connectivity index (χ3v) is 1.99. The summed E-state index contributed by atoms with van der Waals surface area (Å²) in [6.45, 7) is -0.399. The van der Waals surface area contributed by atoms with Crippen LogP contribution in [0.5, 0.6) is 0 Å². The zero-order chi connectivity index (χ0) is 12.7. The Morgan fingerprint density at radius 1 is 1.35 bits per heavy atom. The number of carbonyl (C=O) groups is 2. The lowest BCUT2D eigenvalue weighted by Crippen LogP contribution is -2.47. The molecule has 0 fully saturated rings. The van der Waals surface area contributed by atoms with Crippen LogP contribution in [0.15, 0.2) is 24.5 Å². The molecule has 0 aliphatic carbocycles. The van der Waals surface area contributed by atoms with Gasteiger partial charge in [-0.25, -0.2) is 9.59 Å². The number of pyridine rings is 1. The minimum atomic E-state index is -1.30. The number of nitrogens with zero attached hydrogens (tertiary/aromatic N) is 1. The summed E-state index contributed by atoms with van der Waals surface area (Å²) in [5, 5.41) is 21.9. The van der Waals surface area contributed by atoms with Crippen molar-refractivity contribution in [1.82, 2.24) is 15.6 Å². The van der Waals surface area contributed by atoms with Crippen LogP contribution in [-0.2, 0) is 11.3 Å². The lowest BCUT2D eigenvalue weighted by Gasteiger charge is -2.12. The van der Waals surface area contributed by atoms with Gasteiger partial charge in [-0.2, -0.15) is 0 Å². The molecule has 1 rings (SSSR count). The molecule has 1 unspecified atom stereocenters. The van der Waals surface area contributed by atoms with E-state index in [0.29, 0.717) is 0 Å². The Hall–Kier alpha value is -2.15. The first-order chi connectivity index (χ1) is 8.13. The molecule has 1 heterocycles. The second kappa shape index (κ2) is 6.44. The summed E-state index contributed by atoms with van der Waals surface area (Å²) in [4.78, 5) is 25.6. The van der Waals surface area contributed by atoms with Gasteiger partial charge in [0.05, 0.1) is 6.61 Å². The predicted octanol–water partition coefficient (Wildman–Crippen LogP) is -0.674. The summed E-state index contributed by atoms with van der Waals surface area (Å²) in [5.41, 5.74) is 0.839. The number of rotatable bonds is 5. The summed E-state index contributed by atoms with van der Waals surface area (Å²) in [7, 11) is 0. The standard InChI is InChI=1S/C10H13N3O4/c14-6-8(9(15)16)13-10(17)12-5-7-1-3-11-4-2-7/h1-4,8,14H,5-6H2,(H,15,16)(H2,12,13,17). The van der Waals surface area contributed by atoms with Crippen LogP contribution in [0.1, 0.15) is 5.56 Å². The quantitative estimate of drug-likeness (QED) is 0.544. The highest BCUT2D eigenvalue weighted by Crippen LogP contribution is 1.94. The van der Waals surface area contributed by atoms with Gasteiger partial charge in [-0.3, -0.25) is 4.98 Å². The second-order valence-corrected chi connectivity index (χ2v) is 3.26. The topological polar surface area (TPSA) is 112 Å². The SMILES string of the molecule is O=C(NCc1ccncc1)NC(CO)C(=O)O. The molecule has 0 saturated carbocycles. The minimum Gasteiger partial charge on any atom is -0.480 e. The van der Waals surface area contributed by atoms with Crippen molar-refractivity contribution in [2.75, 3.05) is 6.61 Å². The van der Waals surface area contributed by atoms with Gasteiger partial charge in [0, 0.05) is 18.9 Å². The molecule has 0 aromatic carbocycles. The molecule has 7 heteroatoms. The number of aliphatic hydroxyl groups is 1. The lowest BCUT2D eigenvalue weighted by molar-refractivity contribution is -0.140. The third kappa shape index (κ3) is 4.47. The van der Waals surface area contributed by atoms with E-state index >= 15 is 0 Å². The number of amides is 2. The maximum Gasteiger partial charge on any atom is 0.328 e. The summed E-state index contributed by atoms with van der Waals surface area (Å²) in [5.74, 6) is -1.29. The Morgan fingerprint density at radius 2 is 2.00 bits per heavy atom. The van der Waals surface area contributed by atoms with Crippen LogP contribution in [0.2, 0.25) is 0 Å². The number of nitrogens with one attached hydrogen (secondary N) is 2. The highest BCUT2D eigenvalue weighted by molar-refractivity contribution is 5.82. The van der Waals surface area contributed by atoms with E-state index in [-0.39, 0.29) is 6.54 Å². The maximum absolute atomic E-state index is 11.3. The maximum atomic E-state index is 11.3. The van der Waals surface area contributed by atoms with Crippen molar-refractivity contribution < 1.29 is 19.8 Å². The van der Waals surface area contributed by atoms with E-state index in [9.17, 15) is 9.59 Å². The van der Waals surface area contributed by atoms with E-state index in [1.807, 2.05) is 0 Å². The van der Waals surface area contributed by atoms with Crippen molar-refractivity contribution in [3.05, 3.63) is 30.1 Å². The fraction of sp³-hybridized carbons (Fsp3) is 0.300. The average molecular weight is 239 g/mol. The van der Waals surface area contributed by atoms with Crippen LogP contribution < -0.4 is 10.6 Å². The first-order valence-corrected chi connectivity index (χ1v) is 4.90. The monoisotopic (exact) mass is 239 g/mol. The average Bonchev–Trinajstić information content (AvgIpc) is 2.34. The van der Waals surface area contributed by atoms with E-state index in [4.69, 9.17) is 10.2 Å². The molecule has 17 heavy (non-hydrogen) atoms. The van der Waals surface area contributed by atoms with Crippen molar-refractivity contribution in [3.8, 4) is 0 Å². The van der Waals surface area contributed by atoms with Gasteiger partial charge in [-0.05, 0) is 17.7 Å². The lowest BCUT2D eigenvalue weighted by atomic mass is 10.3.